The van der Waals surface area contributed by atoms with E-state index in [2.05, 4.69) is 10.6 Å². The van der Waals surface area contributed by atoms with Crippen molar-refractivity contribution in [3.8, 4) is 0 Å². The van der Waals surface area contributed by atoms with Gasteiger partial charge in [0.25, 0.3) is 0 Å². The summed E-state index contributed by atoms with van der Waals surface area (Å²) in [5.41, 5.74) is 2.44. The van der Waals surface area contributed by atoms with Crippen LogP contribution in [-0.4, -0.2) is 24.0 Å². The van der Waals surface area contributed by atoms with Gasteiger partial charge in [0.1, 0.15) is 0 Å². The van der Waals surface area contributed by atoms with Crippen molar-refractivity contribution >= 4 is 17.6 Å². The third-order valence-corrected chi connectivity index (χ3v) is 4.97. The lowest BCUT2D eigenvalue weighted by Crippen LogP contribution is -2.28. The van der Waals surface area contributed by atoms with Gasteiger partial charge in [-0.25, -0.2) is 4.79 Å². The highest BCUT2D eigenvalue weighted by Crippen LogP contribution is 2.34. The minimum atomic E-state index is -0.939. The highest BCUT2D eigenvalue weighted by atomic mass is 16.4. The van der Waals surface area contributed by atoms with Gasteiger partial charge in [0.05, 0.1) is 5.56 Å². The van der Waals surface area contributed by atoms with Crippen molar-refractivity contribution < 1.29 is 14.7 Å². The molecular formula is C20H30N2O3. The van der Waals surface area contributed by atoms with E-state index in [4.69, 9.17) is 0 Å². The van der Waals surface area contributed by atoms with E-state index in [-0.39, 0.29) is 11.3 Å². The average Bonchev–Trinajstić information content (AvgIpc) is 3.03. The summed E-state index contributed by atoms with van der Waals surface area (Å²) < 4.78 is 0. The number of hydrogen-bond donors (Lipinski definition) is 3. The predicted octanol–water partition coefficient (Wildman–Crippen LogP) is 3.92. The number of nitrogens with one attached hydrogen (secondary N) is 2. The Bertz CT molecular complexity index is 641. The van der Waals surface area contributed by atoms with E-state index in [1.807, 2.05) is 27.8 Å². The molecule has 3 N–H and O–H groups in total. The molecule has 5 heteroatoms. The highest BCUT2D eigenvalue weighted by Gasteiger charge is 2.27. The number of benzene rings is 1. The molecule has 2 rings (SSSR count). The van der Waals surface area contributed by atoms with Gasteiger partial charge in [-0.05, 0) is 47.4 Å². The number of hydrogen-bond acceptors (Lipinski definition) is 3. The molecule has 1 amide bonds. The molecule has 0 spiro atoms. The van der Waals surface area contributed by atoms with Crippen molar-refractivity contribution in [3.05, 3.63) is 28.8 Å². The molecule has 5 nitrogen and oxygen atoms in total. The van der Waals surface area contributed by atoms with Crippen LogP contribution in [0.3, 0.4) is 0 Å². The Morgan fingerprint density at radius 3 is 2.36 bits per heavy atom. The van der Waals surface area contributed by atoms with Crippen LogP contribution < -0.4 is 10.6 Å². The van der Waals surface area contributed by atoms with Gasteiger partial charge in [-0.2, -0.15) is 0 Å². The maximum atomic E-state index is 12.3. The maximum Gasteiger partial charge on any atom is 0.335 e. The first-order valence-electron chi connectivity index (χ1n) is 9.08. The van der Waals surface area contributed by atoms with Crippen LogP contribution in [0.2, 0.25) is 0 Å². The molecule has 1 aliphatic rings. The number of carboxylic acids is 1. The van der Waals surface area contributed by atoms with E-state index >= 15 is 0 Å². The second-order valence-corrected chi connectivity index (χ2v) is 7.95. The third-order valence-electron chi connectivity index (χ3n) is 4.97. The lowest BCUT2D eigenvalue weighted by atomic mass is 9.79. The van der Waals surface area contributed by atoms with E-state index in [1.54, 1.807) is 12.1 Å². The Morgan fingerprint density at radius 2 is 1.84 bits per heavy atom. The van der Waals surface area contributed by atoms with Gasteiger partial charge in [-0.3, -0.25) is 4.79 Å². The summed E-state index contributed by atoms with van der Waals surface area (Å²) in [6.07, 6.45) is 5.28. The molecular weight excluding hydrogens is 316 g/mol. The number of amides is 1. The summed E-state index contributed by atoms with van der Waals surface area (Å²) in [5.74, 6) is -0.392. The Kier molecular flexibility index (Phi) is 6.09. The minimum absolute atomic E-state index is 0.0505. The van der Waals surface area contributed by atoms with Crippen molar-refractivity contribution in [1.82, 2.24) is 5.32 Å². The number of anilines is 1. The van der Waals surface area contributed by atoms with Crippen molar-refractivity contribution in [3.63, 3.8) is 0 Å². The smallest absolute Gasteiger partial charge is 0.335 e. The van der Waals surface area contributed by atoms with Crippen LogP contribution in [-0.2, 0) is 16.8 Å². The van der Waals surface area contributed by atoms with Crippen LogP contribution in [0.5, 0.6) is 0 Å². The first-order chi connectivity index (χ1) is 11.7. The zero-order chi connectivity index (χ0) is 18.6. The molecule has 0 saturated heterocycles. The molecule has 0 atom stereocenters. The first kappa shape index (κ1) is 19.3. The predicted molar refractivity (Wildman–Crippen MR) is 100 cm³/mol. The fourth-order valence-electron chi connectivity index (χ4n) is 3.84. The number of aromatic carboxylic acids is 1. The molecule has 0 unspecified atom stereocenters. The molecule has 0 bridgehead atoms. The van der Waals surface area contributed by atoms with Crippen molar-refractivity contribution in [2.24, 2.45) is 5.92 Å². The average molecular weight is 346 g/mol. The van der Waals surface area contributed by atoms with Gasteiger partial charge in [0, 0.05) is 25.7 Å². The van der Waals surface area contributed by atoms with Gasteiger partial charge in [-0.15, -0.1) is 0 Å². The number of rotatable bonds is 6. The molecule has 1 saturated carbocycles. The largest absolute Gasteiger partial charge is 0.478 e. The van der Waals surface area contributed by atoms with Crippen LogP contribution in [0.15, 0.2) is 12.1 Å². The zero-order valence-electron chi connectivity index (χ0n) is 15.7. The quantitative estimate of drug-likeness (QED) is 0.729. The number of carbonyl (C=O) groups excluding carboxylic acids is 1. The topological polar surface area (TPSA) is 78.4 Å². The Balaban J connectivity index is 2.26. The Labute approximate surface area is 150 Å². The second-order valence-electron chi connectivity index (χ2n) is 7.95. The molecule has 1 fully saturated rings. The van der Waals surface area contributed by atoms with Crippen LogP contribution >= 0.6 is 0 Å². The standard InChI is InChI=1S/C20H30N2O3/c1-20(2,3)18-14(19(24)25)9-10-16(21-4)15(18)12-22-17(23)11-13-7-5-6-8-13/h9-10,13,21H,5-8,11-12H2,1-4H3,(H,22,23)(H,24,25). The Hall–Kier alpha value is -2.04. The van der Waals surface area contributed by atoms with Crippen molar-refractivity contribution in [2.75, 3.05) is 12.4 Å². The Morgan fingerprint density at radius 1 is 1.20 bits per heavy atom. The minimum Gasteiger partial charge on any atom is -0.478 e. The van der Waals surface area contributed by atoms with E-state index in [9.17, 15) is 14.7 Å². The normalized spacial score (nSPS) is 15.2. The van der Waals surface area contributed by atoms with Crippen LogP contribution in [0.1, 0.15) is 74.4 Å². The molecule has 1 aromatic carbocycles. The maximum absolute atomic E-state index is 12.3. The summed E-state index contributed by atoms with van der Waals surface area (Å²) in [6, 6.07) is 3.41. The molecule has 1 aliphatic carbocycles. The molecule has 0 aliphatic heterocycles. The zero-order valence-corrected chi connectivity index (χ0v) is 15.7. The van der Waals surface area contributed by atoms with Crippen LogP contribution in [0.4, 0.5) is 5.69 Å². The fraction of sp³-hybridized carbons (Fsp3) is 0.600. The number of carbonyl (C=O) groups is 2. The van der Waals surface area contributed by atoms with Gasteiger partial charge < -0.3 is 15.7 Å². The molecule has 1 aromatic rings. The molecule has 138 valence electrons. The van der Waals surface area contributed by atoms with Gasteiger partial charge in [0.2, 0.25) is 5.91 Å². The summed E-state index contributed by atoms with van der Waals surface area (Å²) in [4.78, 5) is 24.0. The van der Waals surface area contributed by atoms with E-state index < -0.39 is 5.97 Å². The van der Waals surface area contributed by atoms with E-state index in [1.165, 1.54) is 12.8 Å². The van der Waals surface area contributed by atoms with Crippen molar-refractivity contribution in [1.29, 1.82) is 0 Å². The SMILES string of the molecule is CNc1ccc(C(=O)O)c(C(C)(C)C)c1CNC(=O)CC1CCCC1. The van der Waals surface area contributed by atoms with E-state index in [0.29, 0.717) is 24.4 Å². The summed E-state index contributed by atoms with van der Waals surface area (Å²) in [6.45, 7) is 6.34. The van der Waals surface area contributed by atoms with Crippen molar-refractivity contribution in [2.45, 2.75) is 64.8 Å². The van der Waals surface area contributed by atoms with Crippen LogP contribution in [0, 0.1) is 5.92 Å². The molecule has 0 radical (unpaired) electrons. The summed E-state index contributed by atoms with van der Waals surface area (Å²) in [5, 5.41) is 15.7. The third kappa shape index (κ3) is 4.74. The molecule has 0 heterocycles. The van der Waals surface area contributed by atoms with E-state index in [0.717, 1.165) is 29.7 Å². The highest BCUT2D eigenvalue weighted by molar-refractivity contribution is 5.91. The first-order valence-corrected chi connectivity index (χ1v) is 9.08. The molecule has 25 heavy (non-hydrogen) atoms. The number of carboxylic acid groups (broad SMARTS) is 1. The lowest BCUT2D eigenvalue weighted by Gasteiger charge is -2.27. The van der Waals surface area contributed by atoms with Crippen LogP contribution in [0.25, 0.3) is 0 Å². The second kappa shape index (κ2) is 7.89. The fourth-order valence-corrected chi connectivity index (χ4v) is 3.84. The van der Waals surface area contributed by atoms with Gasteiger partial charge in [-0.1, -0.05) is 33.6 Å². The molecule has 0 aromatic heterocycles. The van der Waals surface area contributed by atoms with Gasteiger partial charge in [0.15, 0.2) is 0 Å². The lowest BCUT2D eigenvalue weighted by molar-refractivity contribution is -0.122. The van der Waals surface area contributed by atoms with Gasteiger partial charge >= 0.3 is 5.97 Å². The summed E-state index contributed by atoms with van der Waals surface area (Å²) >= 11 is 0. The summed E-state index contributed by atoms with van der Waals surface area (Å²) in [7, 11) is 1.81. The monoisotopic (exact) mass is 346 g/mol.